The van der Waals surface area contributed by atoms with Crippen molar-refractivity contribution in [1.29, 1.82) is 0 Å². The summed E-state index contributed by atoms with van der Waals surface area (Å²) in [5.41, 5.74) is 3.47. The monoisotopic (exact) mass is 419 g/mol. The molecule has 1 aromatic carbocycles. The standard InChI is InChI=1S/C22H25N7O2/c1-14-18-20(28(3)19(15(2)31-4)21(30)26-18)27-22(25-14)23-10-17-11-24-29(13-17)12-16-8-6-5-7-9-16/h5-9,11,13,19H,2,10,12H2,1,3-4H3,(H,26,30)(H,23,25,27). The van der Waals surface area contributed by atoms with Crippen molar-refractivity contribution in [1.82, 2.24) is 19.7 Å². The Morgan fingerprint density at radius 2 is 2.03 bits per heavy atom. The Bertz CT molecular complexity index is 1110. The maximum atomic E-state index is 12.5. The number of amides is 1. The molecule has 3 aromatic rings. The van der Waals surface area contributed by atoms with E-state index < -0.39 is 6.04 Å². The highest BCUT2D eigenvalue weighted by Crippen LogP contribution is 2.33. The lowest BCUT2D eigenvalue weighted by Crippen LogP contribution is -2.48. The fourth-order valence-corrected chi connectivity index (χ4v) is 3.54. The van der Waals surface area contributed by atoms with Crippen LogP contribution in [-0.2, 0) is 22.6 Å². The number of fused-ring (bicyclic) bond motifs is 1. The van der Waals surface area contributed by atoms with Crippen LogP contribution in [0.5, 0.6) is 0 Å². The molecule has 0 bridgehead atoms. The molecule has 9 nitrogen and oxygen atoms in total. The lowest BCUT2D eigenvalue weighted by Gasteiger charge is -2.34. The molecule has 0 saturated carbocycles. The first-order chi connectivity index (χ1) is 15.0. The third kappa shape index (κ3) is 4.20. The summed E-state index contributed by atoms with van der Waals surface area (Å²) in [6.45, 7) is 6.91. The summed E-state index contributed by atoms with van der Waals surface area (Å²) in [6, 6.07) is 9.52. The topological polar surface area (TPSA) is 97.2 Å². The maximum absolute atomic E-state index is 12.5. The van der Waals surface area contributed by atoms with Crippen LogP contribution in [-0.4, -0.2) is 45.9 Å². The van der Waals surface area contributed by atoms with Crippen molar-refractivity contribution in [3.8, 4) is 0 Å². The summed E-state index contributed by atoms with van der Waals surface area (Å²) in [5, 5.41) is 10.5. The van der Waals surface area contributed by atoms with Gasteiger partial charge in [-0.05, 0) is 12.5 Å². The minimum atomic E-state index is -0.657. The predicted molar refractivity (Wildman–Crippen MR) is 119 cm³/mol. The van der Waals surface area contributed by atoms with E-state index in [1.54, 1.807) is 11.9 Å². The van der Waals surface area contributed by atoms with Crippen molar-refractivity contribution < 1.29 is 9.53 Å². The average molecular weight is 419 g/mol. The Kier molecular flexibility index (Phi) is 5.57. The molecule has 0 fully saturated rings. The van der Waals surface area contributed by atoms with Crippen molar-refractivity contribution >= 4 is 23.4 Å². The lowest BCUT2D eigenvalue weighted by molar-refractivity contribution is -0.117. The number of carbonyl (C=O) groups is 1. The molecule has 1 aliphatic heterocycles. The number of carbonyl (C=O) groups excluding carboxylic acids is 1. The lowest BCUT2D eigenvalue weighted by atomic mass is 10.1. The molecule has 1 aliphatic rings. The van der Waals surface area contributed by atoms with E-state index in [2.05, 4.69) is 44.4 Å². The van der Waals surface area contributed by atoms with E-state index in [0.717, 1.165) is 5.56 Å². The smallest absolute Gasteiger partial charge is 0.255 e. The van der Waals surface area contributed by atoms with Crippen LogP contribution < -0.4 is 15.5 Å². The van der Waals surface area contributed by atoms with Crippen molar-refractivity contribution in [2.24, 2.45) is 0 Å². The first-order valence-corrected chi connectivity index (χ1v) is 9.90. The zero-order valence-electron chi connectivity index (χ0n) is 17.8. The number of nitrogens with one attached hydrogen (secondary N) is 2. The van der Waals surface area contributed by atoms with E-state index in [9.17, 15) is 4.79 Å². The van der Waals surface area contributed by atoms with Crippen molar-refractivity contribution in [3.63, 3.8) is 0 Å². The van der Waals surface area contributed by atoms with Crippen molar-refractivity contribution in [2.75, 3.05) is 29.7 Å². The highest BCUT2D eigenvalue weighted by molar-refractivity contribution is 6.04. The third-order valence-electron chi connectivity index (χ3n) is 5.18. The number of hydrogen-bond donors (Lipinski definition) is 2. The van der Waals surface area contributed by atoms with Gasteiger partial charge in [-0.15, -0.1) is 0 Å². The van der Waals surface area contributed by atoms with Gasteiger partial charge in [0.25, 0.3) is 5.91 Å². The quantitative estimate of drug-likeness (QED) is 0.568. The van der Waals surface area contributed by atoms with Gasteiger partial charge in [0.2, 0.25) is 5.95 Å². The summed E-state index contributed by atoms with van der Waals surface area (Å²) in [6.07, 6.45) is 3.82. The molecule has 2 aromatic heterocycles. The van der Waals surface area contributed by atoms with Crippen LogP contribution >= 0.6 is 0 Å². The third-order valence-corrected chi connectivity index (χ3v) is 5.18. The minimum Gasteiger partial charge on any atom is -0.499 e. The molecule has 1 unspecified atom stereocenters. The average Bonchev–Trinajstić information content (AvgIpc) is 3.21. The van der Waals surface area contributed by atoms with Gasteiger partial charge in [-0.2, -0.15) is 10.1 Å². The molecule has 0 saturated heterocycles. The van der Waals surface area contributed by atoms with Crippen molar-refractivity contribution in [2.45, 2.75) is 26.1 Å². The molecule has 31 heavy (non-hydrogen) atoms. The number of aryl methyl sites for hydroxylation is 1. The molecule has 160 valence electrons. The van der Waals surface area contributed by atoms with Gasteiger partial charge in [0.05, 0.1) is 25.5 Å². The predicted octanol–water partition coefficient (Wildman–Crippen LogP) is 2.56. The fraction of sp³-hybridized carbons (Fsp3) is 0.273. The minimum absolute atomic E-state index is 0.222. The Balaban J connectivity index is 1.48. The van der Waals surface area contributed by atoms with Crippen LogP contribution in [0.3, 0.4) is 0 Å². The number of rotatable bonds is 7. The second kappa shape index (κ2) is 8.47. The second-order valence-electron chi connectivity index (χ2n) is 7.39. The number of ether oxygens (including phenoxy) is 1. The Morgan fingerprint density at radius 1 is 1.26 bits per heavy atom. The molecule has 0 aliphatic carbocycles. The van der Waals surface area contributed by atoms with Gasteiger partial charge < -0.3 is 20.3 Å². The number of methoxy groups -OCH3 is 1. The Labute approximate surface area is 180 Å². The molecule has 0 spiro atoms. The molecule has 4 rings (SSSR count). The highest BCUT2D eigenvalue weighted by atomic mass is 16.5. The van der Waals surface area contributed by atoms with Gasteiger partial charge in [-0.1, -0.05) is 36.9 Å². The van der Waals surface area contributed by atoms with Gasteiger partial charge in [0.15, 0.2) is 11.9 Å². The van der Waals surface area contributed by atoms with Crippen LogP contribution in [0.25, 0.3) is 0 Å². The highest BCUT2D eigenvalue weighted by Gasteiger charge is 2.36. The van der Waals surface area contributed by atoms with Gasteiger partial charge in [-0.3, -0.25) is 9.48 Å². The van der Waals surface area contributed by atoms with Gasteiger partial charge >= 0.3 is 0 Å². The maximum Gasteiger partial charge on any atom is 0.255 e. The number of hydrogen-bond acceptors (Lipinski definition) is 7. The molecule has 2 N–H and O–H groups in total. The van der Waals surface area contributed by atoms with E-state index in [-0.39, 0.29) is 5.91 Å². The largest absolute Gasteiger partial charge is 0.499 e. The molecular weight excluding hydrogens is 394 g/mol. The number of anilines is 3. The van der Waals surface area contributed by atoms with E-state index in [4.69, 9.17) is 4.74 Å². The van der Waals surface area contributed by atoms with Gasteiger partial charge in [0.1, 0.15) is 11.4 Å². The molecular formula is C22H25N7O2. The van der Waals surface area contributed by atoms with Crippen LogP contribution in [0.2, 0.25) is 0 Å². The summed E-state index contributed by atoms with van der Waals surface area (Å²) in [4.78, 5) is 23.3. The number of likely N-dealkylation sites (N-methyl/N-ethyl adjacent to an activating group) is 1. The molecule has 0 radical (unpaired) electrons. The molecule has 1 atom stereocenters. The normalized spacial score (nSPS) is 15.3. The molecule has 9 heteroatoms. The van der Waals surface area contributed by atoms with E-state index in [1.807, 2.05) is 42.2 Å². The van der Waals surface area contributed by atoms with E-state index >= 15 is 0 Å². The zero-order chi connectivity index (χ0) is 22.0. The van der Waals surface area contributed by atoms with Crippen LogP contribution in [0.1, 0.15) is 16.8 Å². The van der Waals surface area contributed by atoms with Crippen LogP contribution in [0.4, 0.5) is 17.5 Å². The Morgan fingerprint density at radius 3 is 2.77 bits per heavy atom. The summed E-state index contributed by atoms with van der Waals surface area (Å²) >= 11 is 0. The van der Waals surface area contributed by atoms with Gasteiger partial charge in [0, 0.05) is 25.4 Å². The van der Waals surface area contributed by atoms with Crippen LogP contribution in [0, 0.1) is 6.92 Å². The number of nitrogens with zero attached hydrogens (tertiary/aromatic N) is 5. The molecule has 1 amide bonds. The fourth-order valence-electron chi connectivity index (χ4n) is 3.54. The van der Waals surface area contributed by atoms with Gasteiger partial charge in [-0.25, -0.2) is 4.98 Å². The summed E-state index contributed by atoms with van der Waals surface area (Å²) in [7, 11) is 3.28. The summed E-state index contributed by atoms with van der Waals surface area (Å²) in [5.74, 6) is 1.21. The van der Waals surface area contributed by atoms with Crippen molar-refractivity contribution in [3.05, 3.63) is 71.9 Å². The van der Waals surface area contributed by atoms with Crippen LogP contribution in [0.15, 0.2) is 55.1 Å². The first kappa shape index (κ1) is 20.4. The SMILES string of the molecule is C=C(OC)C1C(=O)Nc2c(C)nc(NCc3cnn(Cc4ccccc4)c3)nc2N1C. The zero-order valence-corrected chi connectivity index (χ0v) is 17.8. The van der Waals surface area contributed by atoms with E-state index in [0.29, 0.717) is 42.0 Å². The van der Waals surface area contributed by atoms with E-state index in [1.165, 1.54) is 12.7 Å². The summed E-state index contributed by atoms with van der Waals surface area (Å²) < 4.78 is 7.09. The number of benzene rings is 1. The second-order valence-corrected chi connectivity index (χ2v) is 7.39. The Hall–Kier alpha value is -3.88. The first-order valence-electron chi connectivity index (χ1n) is 9.90. The molecule has 3 heterocycles. The number of aromatic nitrogens is 4.